The molecule has 0 amide bonds. The first-order valence-corrected chi connectivity index (χ1v) is 6.24. The molecule has 2 N–H and O–H groups in total. The van der Waals surface area contributed by atoms with Gasteiger partial charge >= 0.3 is 0 Å². The van der Waals surface area contributed by atoms with Crippen LogP contribution in [0.4, 0.5) is 0 Å². The van der Waals surface area contributed by atoms with E-state index in [1.165, 1.54) is 0 Å². The van der Waals surface area contributed by atoms with Gasteiger partial charge in [0.2, 0.25) is 0 Å². The molecule has 1 atom stereocenters. The summed E-state index contributed by atoms with van der Waals surface area (Å²) in [6.45, 7) is 8.44. The second-order valence-corrected chi connectivity index (χ2v) is 4.75. The Kier molecular flexibility index (Phi) is 5.52. The molecule has 1 aromatic carbocycles. The molecule has 0 aromatic heterocycles. The fourth-order valence-electron chi connectivity index (χ4n) is 1.44. The van der Waals surface area contributed by atoms with E-state index >= 15 is 0 Å². The van der Waals surface area contributed by atoms with E-state index < -0.39 is 0 Å². The van der Waals surface area contributed by atoms with Gasteiger partial charge in [-0.1, -0.05) is 31.2 Å². The van der Waals surface area contributed by atoms with Crippen LogP contribution in [0.5, 0.6) is 5.75 Å². The summed E-state index contributed by atoms with van der Waals surface area (Å²) in [6, 6.07) is 5.94. The lowest BCUT2D eigenvalue weighted by Gasteiger charge is -2.11. The lowest BCUT2D eigenvalue weighted by atomic mass is 10.1. The molecule has 0 bridgehead atoms. The average molecular weight is 254 g/mol. The molecule has 1 rings (SSSR count). The van der Waals surface area contributed by atoms with Gasteiger partial charge in [0.15, 0.2) is 0 Å². The number of rotatable bonds is 6. The Morgan fingerprint density at radius 2 is 2.24 bits per heavy atom. The van der Waals surface area contributed by atoms with Crippen LogP contribution in [0, 0.1) is 0 Å². The lowest BCUT2D eigenvalue weighted by molar-refractivity contribution is 0.349. The highest BCUT2D eigenvalue weighted by Crippen LogP contribution is 2.26. The van der Waals surface area contributed by atoms with Gasteiger partial charge in [0.05, 0.1) is 5.02 Å². The number of halogens is 1. The third kappa shape index (κ3) is 4.80. The number of nitrogens with two attached hydrogens (primary N) is 1. The van der Waals surface area contributed by atoms with Gasteiger partial charge in [-0.15, -0.1) is 0 Å². The Morgan fingerprint density at radius 3 is 2.76 bits per heavy atom. The van der Waals surface area contributed by atoms with E-state index in [0.29, 0.717) is 17.4 Å². The molecule has 0 heterocycles. The monoisotopic (exact) mass is 253 g/mol. The fraction of sp³-hybridized carbons (Fsp3) is 0.429. The Balaban J connectivity index is 2.66. The summed E-state index contributed by atoms with van der Waals surface area (Å²) >= 11 is 6.14. The van der Waals surface area contributed by atoms with Crippen molar-refractivity contribution in [3.8, 4) is 5.75 Å². The van der Waals surface area contributed by atoms with Crippen molar-refractivity contribution in [3.05, 3.63) is 40.9 Å². The topological polar surface area (TPSA) is 35.2 Å². The van der Waals surface area contributed by atoms with Gasteiger partial charge in [0.1, 0.15) is 12.4 Å². The SMILES string of the molecule is C=C(CC)COc1ccc(CC(C)N)cc1Cl. The average Bonchev–Trinajstić information content (AvgIpc) is 2.26. The van der Waals surface area contributed by atoms with Crippen LogP contribution < -0.4 is 10.5 Å². The maximum atomic E-state index is 6.14. The summed E-state index contributed by atoms with van der Waals surface area (Å²) in [4.78, 5) is 0. The van der Waals surface area contributed by atoms with Gasteiger partial charge in [-0.05, 0) is 43.0 Å². The van der Waals surface area contributed by atoms with E-state index in [9.17, 15) is 0 Å². The molecule has 0 saturated heterocycles. The third-order valence-corrected chi connectivity index (χ3v) is 2.78. The van der Waals surface area contributed by atoms with Gasteiger partial charge in [0, 0.05) is 6.04 Å². The smallest absolute Gasteiger partial charge is 0.138 e. The zero-order valence-corrected chi connectivity index (χ0v) is 11.3. The molecule has 0 fully saturated rings. The maximum absolute atomic E-state index is 6.14. The van der Waals surface area contributed by atoms with Crippen LogP contribution in [0.25, 0.3) is 0 Å². The van der Waals surface area contributed by atoms with Crippen LogP contribution in [-0.4, -0.2) is 12.6 Å². The molecule has 0 aliphatic heterocycles. The van der Waals surface area contributed by atoms with Crippen molar-refractivity contribution in [3.63, 3.8) is 0 Å². The van der Waals surface area contributed by atoms with Crippen LogP contribution in [0.2, 0.25) is 5.02 Å². The molecule has 0 saturated carbocycles. The van der Waals surface area contributed by atoms with E-state index in [-0.39, 0.29) is 6.04 Å². The summed E-state index contributed by atoms with van der Waals surface area (Å²) < 4.78 is 5.59. The number of hydrogen-bond acceptors (Lipinski definition) is 2. The second-order valence-electron chi connectivity index (χ2n) is 4.34. The van der Waals surface area contributed by atoms with E-state index in [0.717, 1.165) is 24.0 Å². The molecule has 94 valence electrons. The molecule has 0 spiro atoms. The number of hydrogen-bond donors (Lipinski definition) is 1. The molecular weight excluding hydrogens is 234 g/mol. The van der Waals surface area contributed by atoms with E-state index in [1.54, 1.807) is 0 Å². The minimum absolute atomic E-state index is 0.137. The predicted molar refractivity (Wildman–Crippen MR) is 73.7 cm³/mol. The second kappa shape index (κ2) is 6.67. The van der Waals surface area contributed by atoms with Gasteiger partial charge < -0.3 is 10.5 Å². The van der Waals surface area contributed by atoms with Crippen molar-refractivity contribution in [2.24, 2.45) is 5.73 Å². The summed E-state index contributed by atoms with van der Waals surface area (Å²) in [5, 5.41) is 0.632. The first-order valence-electron chi connectivity index (χ1n) is 5.86. The van der Waals surface area contributed by atoms with Crippen LogP contribution in [-0.2, 0) is 6.42 Å². The molecule has 1 aromatic rings. The van der Waals surface area contributed by atoms with Crippen molar-refractivity contribution in [1.29, 1.82) is 0 Å². The number of benzene rings is 1. The molecular formula is C14H20ClNO. The lowest BCUT2D eigenvalue weighted by Crippen LogP contribution is -2.17. The largest absolute Gasteiger partial charge is 0.488 e. The molecule has 0 aliphatic rings. The minimum Gasteiger partial charge on any atom is -0.488 e. The van der Waals surface area contributed by atoms with Gasteiger partial charge in [0.25, 0.3) is 0 Å². The molecule has 3 heteroatoms. The standard InChI is InChI=1S/C14H20ClNO/c1-4-10(2)9-17-14-6-5-12(7-11(3)16)8-13(14)15/h5-6,8,11H,2,4,7,9,16H2,1,3H3. The maximum Gasteiger partial charge on any atom is 0.138 e. The fourth-order valence-corrected chi connectivity index (χ4v) is 1.70. The summed E-state index contributed by atoms with van der Waals surface area (Å²) in [5.74, 6) is 0.703. The van der Waals surface area contributed by atoms with Crippen LogP contribution >= 0.6 is 11.6 Å². The highest BCUT2D eigenvalue weighted by atomic mass is 35.5. The van der Waals surface area contributed by atoms with Crippen molar-refractivity contribution >= 4 is 11.6 Å². The normalized spacial score (nSPS) is 12.2. The molecule has 17 heavy (non-hydrogen) atoms. The Morgan fingerprint density at radius 1 is 1.53 bits per heavy atom. The van der Waals surface area contributed by atoms with Crippen LogP contribution in [0.3, 0.4) is 0 Å². The van der Waals surface area contributed by atoms with Crippen LogP contribution in [0.15, 0.2) is 30.4 Å². The van der Waals surface area contributed by atoms with Gasteiger partial charge in [-0.3, -0.25) is 0 Å². The zero-order valence-electron chi connectivity index (χ0n) is 10.5. The molecule has 2 nitrogen and oxygen atoms in total. The zero-order chi connectivity index (χ0) is 12.8. The van der Waals surface area contributed by atoms with Gasteiger partial charge in [-0.2, -0.15) is 0 Å². The summed E-state index contributed by atoms with van der Waals surface area (Å²) in [7, 11) is 0. The van der Waals surface area contributed by atoms with Crippen molar-refractivity contribution in [2.75, 3.05) is 6.61 Å². The Labute approximate surface area is 108 Å². The minimum atomic E-state index is 0.137. The highest BCUT2D eigenvalue weighted by molar-refractivity contribution is 6.32. The van der Waals surface area contributed by atoms with Crippen molar-refractivity contribution < 1.29 is 4.74 Å². The first-order chi connectivity index (χ1) is 8.02. The van der Waals surface area contributed by atoms with Crippen molar-refractivity contribution in [1.82, 2.24) is 0 Å². The van der Waals surface area contributed by atoms with Crippen LogP contribution in [0.1, 0.15) is 25.8 Å². The van der Waals surface area contributed by atoms with E-state index in [4.69, 9.17) is 22.1 Å². The van der Waals surface area contributed by atoms with E-state index in [2.05, 4.69) is 13.5 Å². The Hall–Kier alpha value is -0.990. The molecule has 0 radical (unpaired) electrons. The molecule has 1 unspecified atom stereocenters. The first kappa shape index (κ1) is 14.1. The van der Waals surface area contributed by atoms with Gasteiger partial charge in [-0.25, -0.2) is 0 Å². The van der Waals surface area contributed by atoms with E-state index in [1.807, 2.05) is 25.1 Å². The van der Waals surface area contributed by atoms with Crippen molar-refractivity contribution in [2.45, 2.75) is 32.7 Å². The Bertz CT molecular complexity index is 388. The third-order valence-electron chi connectivity index (χ3n) is 2.49. The predicted octanol–water partition coefficient (Wildman–Crippen LogP) is 3.57. The summed E-state index contributed by atoms with van der Waals surface area (Å²) in [5.41, 5.74) is 7.93. The number of ether oxygens (including phenoxy) is 1. The molecule has 0 aliphatic carbocycles. The quantitative estimate of drug-likeness (QED) is 0.787. The highest BCUT2D eigenvalue weighted by Gasteiger charge is 2.05. The summed E-state index contributed by atoms with van der Waals surface area (Å²) in [6.07, 6.45) is 1.74.